The van der Waals surface area contributed by atoms with Crippen LogP contribution in [0.2, 0.25) is 0 Å². The summed E-state index contributed by atoms with van der Waals surface area (Å²) < 4.78 is 24.2. The van der Waals surface area contributed by atoms with Crippen LogP contribution in [0.4, 0.5) is 11.5 Å². The van der Waals surface area contributed by atoms with E-state index in [4.69, 9.17) is 5.73 Å². The van der Waals surface area contributed by atoms with Crippen molar-refractivity contribution in [2.24, 2.45) is 5.92 Å². The molecule has 1 atom stereocenters. The number of nitrogens with zero attached hydrogens (tertiary/aromatic N) is 1. The summed E-state index contributed by atoms with van der Waals surface area (Å²) in [7, 11) is -3.06. The van der Waals surface area contributed by atoms with Gasteiger partial charge in [-0.15, -0.1) is 0 Å². The quantitative estimate of drug-likeness (QED) is 0.679. The average Bonchev–Trinajstić information content (AvgIpc) is 2.69. The normalized spacial score (nSPS) is 20.8. The van der Waals surface area contributed by atoms with Crippen molar-refractivity contribution in [3.63, 3.8) is 0 Å². The molecule has 0 saturated carbocycles. The molecule has 0 bridgehead atoms. The number of nitrogen functional groups attached to an aromatic ring is 1. The highest BCUT2D eigenvalue weighted by Gasteiger charge is 2.29. The number of rotatable bonds is 4. The van der Waals surface area contributed by atoms with E-state index < -0.39 is 21.1 Å². The maximum atomic E-state index is 11.9. The molecule has 0 amide bonds. The molecular weight excluding hydrogens is 296 g/mol. The van der Waals surface area contributed by atoms with Crippen LogP contribution in [0.1, 0.15) is 20.3 Å². The van der Waals surface area contributed by atoms with Crippen molar-refractivity contribution in [2.45, 2.75) is 32.9 Å². The SMILES string of the molecule is CC(C)Cn1c(N)c(NC2CCS(=O)(=O)C2)c(=O)[nH]c1=O. The second kappa shape index (κ2) is 5.55. The predicted octanol–water partition coefficient (Wildman–Crippen LogP) is -0.626. The molecule has 2 rings (SSSR count). The van der Waals surface area contributed by atoms with E-state index in [1.807, 2.05) is 13.8 Å². The lowest BCUT2D eigenvalue weighted by Gasteiger charge is -2.17. The number of aromatic nitrogens is 2. The molecular formula is C12H20N4O4S. The molecule has 118 valence electrons. The number of aromatic amines is 1. The highest BCUT2D eigenvalue weighted by molar-refractivity contribution is 7.91. The number of nitrogens with two attached hydrogens (primary N) is 1. The summed E-state index contributed by atoms with van der Waals surface area (Å²) in [5.41, 5.74) is 4.79. The minimum Gasteiger partial charge on any atom is -0.383 e. The standard InChI is InChI=1S/C12H20N4O4S/c1-7(2)5-16-10(13)9(11(17)15-12(16)18)14-8-3-4-21(19,20)6-8/h7-8,14H,3-6,13H2,1-2H3,(H,15,17,18). The van der Waals surface area contributed by atoms with Gasteiger partial charge in [-0.05, 0) is 12.3 Å². The van der Waals surface area contributed by atoms with Crippen LogP contribution >= 0.6 is 0 Å². The summed E-state index contributed by atoms with van der Waals surface area (Å²) in [6, 6.07) is -0.358. The molecule has 0 spiro atoms. The first-order chi connectivity index (χ1) is 9.69. The Morgan fingerprint density at radius 2 is 2.10 bits per heavy atom. The van der Waals surface area contributed by atoms with Crippen molar-refractivity contribution in [3.8, 4) is 0 Å². The maximum Gasteiger partial charge on any atom is 0.330 e. The molecule has 0 aromatic carbocycles. The number of hydrogen-bond acceptors (Lipinski definition) is 6. The lowest BCUT2D eigenvalue weighted by molar-refractivity contribution is 0.508. The monoisotopic (exact) mass is 316 g/mol. The van der Waals surface area contributed by atoms with Crippen LogP contribution in [0, 0.1) is 5.92 Å². The maximum absolute atomic E-state index is 11.9. The molecule has 4 N–H and O–H groups in total. The fourth-order valence-corrected chi connectivity index (χ4v) is 4.06. The number of nitrogens with one attached hydrogen (secondary N) is 2. The molecule has 1 aromatic rings. The van der Waals surface area contributed by atoms with Crippen LogP contribution in [0.15, 0.2) is 9.59 Å². The summed E-state index contributed by atoms with van der Waals surface area (Å²) >= 11 is 0. The predicted molar refractivity (Wildman–Crippen MR) is 81.3 cm³/mol. The molecule has 1 fully saturated rings. The Bertz CT molecular complexity index is 748. The number of anilines is 2. The first kappa shape index (κ1) is 15.6. The van der Waals surface area contributed by atoms with Gasteiger partial charge in [-0.2, -0.15) is 0 Å². The van der Waals surface area contributed by atoms with E-state index in [0.717, 1.165) is 0 Å². The van der Waals surface area contributed by atoms with Crippen LogP contribution in [-0.4, -0.2) is 35.5 Å². The fraction of sp³-hybridized carbons (Fsp3) is 0.667. The van der Waals surface area contributed by atoms with E-state index in [1.54, 1.807) is 0 Å². The van der Waals surface area contributed by atoms with Gasteiger partial charge in [0, 0.05) is 12.6 Å². The second-order valence-corrected chi connectivity index (χ2v) is 8.00. The lowest BCUT2D eigenvalue weighted by atomic mass is 10.2. The summed E-state index contributed by atoms with van der Waals surface area (Å²) in [6.45, 7) is 4.22. The van der Waals surface area contributed by atoms with Gasteiger partial charge in [0.2, 0.25) is 0 Å². The largest absolute Gasteiger partial charge is 0.383 e. The Balaban J connectivity index is 2.36. The zero-order valence-electron chi connectivity index (χ0n) is 12.0. The van der Waals surface area contributed by atoms with Gasteiger partial charge in [0.05, 0.1) is 11.5 Å². The first-order valence-corrected chi connectivity index (χ1v) is 8.61. The molecule has 1 saturated heterocycles. The van der Waals surface area contributed by atoms with Crippen LogP contribution in [0.3, 0.4) is 0 Å². The molecule has 21 heavy (non-hydrogen) atoms. The summed E-state index contributed by atoms with van der Waals surface area (Å²) in [4.78, 5) is 25.9. The highest BCUT2D eigenvalue weighted by Crippen LogP contribution is 2.19. The van der Waals surface area contributed by atoms with Crippen molar-refractivity contribution in [1.29, 1.82) is 0 Å². The Kier molecular flexibility index (Phi) is 4.13. The van der Waals surface area contributed by atoms with Gasteiger partial charge in [-0.3, -0.25) is 14.3 Å². The van der Waals surface area contributed by atoms with Crippen LogP contribution < -0.4 is 22.3 Å². The second-order valence-electron chi connectivity index (χ2n) is 5.77. The average molecular weight is 316 g/mol. The van der Waals surface area contributed by atoms with E-state index in [1.165, 1.54) is 4.57 Å². The van der Waals surface area contributed by atoms with E-state index in [2.05, 4.69) is 10.3 Å². The Labute approximate surface area is 122 Å². The van der Waals surface area contributed by atoms with Gasteiger partial charge in [0.25, 0.3) is 5.56 Å². The van der Waals surface area contributed by atoms with Crippen LogP contribution in [-0.2, 0) is 16.4 Å². The molecule has 8 nitrogen and oxygen atoms in total. The number of H-pyrrole nitrogens is 1. The van der Waals surface area contributed by atoms with Crippen molar-refractivity contribution >= 4 is 21.3 Å². The van der Waals surface area contributed by atoms with Gasteiger partial charge in [-0.1, -0.05) is 13.8 Å². The van der Waals surface area contributed by atoms with E-state index in [-0.39, 0.29) is 35.0 Å². The summed E-state index contributed by atoms with van der Waals surface area (Å²) in [5.74, 6) is 0.279. The molecule has 0 aliphatic carbocycles. The molecule has 1 aliphatic heterocycles. The fourth-order valence-electron chi connectivity index (χ4n) is 2.39. The van der Waals surface area contributed by atoms with Crippen LogP contribution in [0.5, 0.6) is 0 Å². The molecule has 1 aromatic heterocycles. The molecule has 1 unspecified atom stereocenters. The van der Waals surface area contributed by atoms with E-state index in [0.29, 0.717) is 13.0 Å². The van der Waals surface area contributed by atoms with Gasteiger partial charge in [0.15, 0.2) is 9.84 Å². The van der Waals surface area contributed by atoms with Crippen LogP contribution in [0.25, 0.3) is 0 Å². The Hall–Kier alpha value is -1.77. The zero-order valence-corrected chi connectivity index (χ0v) is 12.9. The van der Waals surface area contributed by atoms with Gasteiger partial charge in [-0.25, -0.2) is 13.2 Å². The van der Waals surface area contributed by atoms with Gasteiger partial charge >= 0.3 is 5.69 Å². The minimum atomic E-state index is -3.06. The van der Waals surface area contributed by atoms with Crippen molar-refractivity contribution in [3.05, 3.63) is 20.8 Å². The number of hydrogen-bond donors (Lipinski definition) is 3. The Morgan fingerprint density at radius 1 is 1.43 bits per heavy atom. The van der Waals surface area contributed by atoms with Crippen molar-refractivity contribution in [1.82, 2.24) is 9.55 Å². The van der Waals surface area contributed by atoms with Gasteiger partial charge in [0.1, 0.15) is 11.5 Å². The third-order valence-corrected chi connectivity index (χ3v) is 5.14. The number of sulfone groups is 1. The summed E-state index contributed by atoms with van der Waals surface area (Å²) in [5, 5.41) is 2.87. The minimum absolute atomic E-state index is 0.0326. The summed E-state index contributed by atoms with van der Waals surface area (Å²) in [6.07, 6.45) is 0.421. The molecule has 0 radical (unpaired) electrons. The van der Waals surface area contributed by atoms with Gasteiger partial charge < -0.3 is 11.1 Å². The van der Waals surface area contributed by atoms with E-state index >= 15 is 0 Å². The van der Waals surface area contributed by atoms with E-state index in [9.17, 15) is 18.0 Å². The highest BCUT2D eigenvalue weighted by atomic mass is 32.2. The van der Waals surface area contributed by atoms with Crippen molar-refractivity contribution < 1.29 is 8.42 Å². The smallest absolute Gasteiger partial charge is 0.330 e. The van der Waals surface area contributed by atoms with Crippen molar-refractivity contribution in [2.75, 3.05) is 22.6 Å². The molecule has 9 heteroatoms. The topological polar surface area (TPSA) is 127 Å². The molecule has 1 aliphatic rings. The third kappa shape index (κ3) is 3.46. The lowest BCUT2D eigenvalue weighted by Crippen LogP contribution is -2.36. The molecule has 2 heterocycles. The Morgan fingerprint density at radius 3 is 2.62 bits per heavy atom. The first-order valence-electron chi connectivity index (χ1n) is 6.79. The third-order valence-electron chi connectivity index (χ3n) is 3.37. The zero-order chi connectivity index (χ0) is 15.8.